The highest BCUT2D eigenvalue weighted by molar-refractivity contribution is 6.18. The third kappa shape index (κ3) is 1.47. The smallest absolute Gasteiger partial charge is 0.0280 e. The average molecular weight is 245 g/mol. The molecule has 0 bridgehead atoms. The van der Waals surface area contributed by atoms with E-state index >= 15 is 0 Å². The molecule has 0 nitrogen and oxygen atoms in total. The number of rotatable bonds is 0. The Hall–Kier alpha value is -2.34. The molecule has 0 heteroatoms. The van der Waals surface area contributed by atoms with Gasteiger partial charge in [-0.05, 0) is 44.7 Å². The minimum Gasteiger partial charge on any atom is -0.0616 e. The Labute approximate surface area is 116 Å². The molecule has 4 aromatic carbocycles. The number of aryl methyl sites for hydroxylation is 1. The molecule has 0 unspecified atom stereocenters. The predicted molar refractivity (Wildman–Crippen MR) is 83.7 cm³/mol. The number of hydrogen-bond donors (Lipinski definition) is 0. The number of benzene rings is 4. The van der Waals surface area contributed by atoms with Gasteiger partial charge in [-0.15, -0.1) is 0 Å². The van der Waals surface area contributed by atoms with Gasteiger partial charge < -0.3 is 0 Å². The Kier molecular flexibility index (Phi) is 1.60. The van der Waals surface area contributed by atoms with E-state index < -0.39 is 6.85 Å². The van der Waals surface area contributed by atoms with E-state index in [-0.39, 0.29) is 0 Å². The van der Waals surface area contributed by atoms with Gasteiger partial charge in [-0.2, -0.15) is 0 Å². The van der Waals surface area contributed by atoms with Crippen molar-refractivity contribution in [2.45, 2.75) is 6.85 Å². The summed E-state index contributed by atoms with van der Waals surface area (Å²) in [5.74, 6) is 0. The van der Waals surface area contributed by atoms with Crippen molar-refractivity contribution in [3.8, 4) is 0 Å². The van der Waals surface area contributed by atoms with Gasteiger partial charge in [0.2, 0.25) is 0 Å². The molecule has 90 valence electrons. The maximum absolute atomic E-state index is 7.94. The molecule has 0 amide bonds. The maximum atomic E-state index is 7.94. The van der Waals surface area contributed by atoms with E-state index in [0.717, 1.165) is 32.3 Å². The van der Waals surface area contributed by atoms with E-state index in [2.05, 4.69) is 12.1 Å². The summed E-state index contributed by atoms with van der Waals surface area (Å²) in [7, 11) is 0. The summed E-state index contributed by atoms with van der Waals surface area (Å²) in [6.45, 7) is -2.13. The molecule has 0 saturated heterocycles. The van der Waals surface area contributed by atoms with Crippen LogP contribution in [0.15, 0.2) is 66.7 Å². The zero-order chi connectivity index (χ0) is 15.3. The molecular weight excluding hydrogens is 228 g/mol. The third-order valence-corrected chi connectivity index (χ3v) is 3.75. The zero-order valence-corrected chi connectivity index (χ0v) is 10.4. The summed E-state index contributed by atoms with van der Waals surface area (Å²) in [6.07, 6.45) is 0. The van der Waals surface area contributed by atoms with E-state index in [1.807, 2.05) is 54.6 Å². The molecule has 0 heterocycles. The summed E-state index contributed by atoms with van der Waals surface area (Å²) in [5.41, 5.74) is 0.429. The molecule has 0 saturated carbocycles. The fourth-order valence-electron chi connectivity index (χ4n) is 2.88. The normalized spacial score (nSPS) is 14.4. The van der Waals surface area contributed by atoms with E-state index in [1.54, 1.807) is 0 Å². The van der Waals surface area contributed by atoms with Crippen LogP contribution >= 0.6 is 0 Å². The summed E-state index contributed by atoms with van der Waals surface area (Å²) >= 11 is 0. The van der Waals surface area contributed by atoms with Crippen molar-refractivity contribution < 1.29 is 4.11 Å². The molecule has 0 fully saturated rings. The predicted octanol–water partition coefficient (Wildman–Crippen LogP) is 5.45. The van der Waals surface area contributed by atoms with Crippen LogP contribution in [-0.4, -0.2) is 0 Å². The Balaban J connectivity index is 2.34. The Morgan fingerprint density at radius 1 is 0.684 bits per heavy atom. The summed E-state index contributed by atoms with van der Waals surface area (Å²) < 4.78 is 23.8. The lowest BCUT2D eigenvalue weighted by Crippen LogP contribution is -1.84. The summed E-state index contributed by atoms with van der Waals surface area (Å²) in [4.78, 5) is 0. The van der Waals surface area contributed by atoms with Crippen LogP contribution in [0.2, 0.25) is 0 Å². The van der Waals surface area contributed by atoms with Crippen molar-refractivity contribution in [2.24, 2.45) is 0 Å². The highest BCUT2D eigenvalue weighted by Gasteiger charge is 2.06. The van der Waals surface area contributed by atoms with Crippen molar-refractivity contribution in [3.63, 3.8) is 0 Å². The van der Waals surface area contributed by atoms with E-state index in [4.69, 9.17) is 4.11 Å². The van der Waals surface area contributed by atoms with Crippen molar-refractivity contribution in [1.82, 2.24) is 0 Å². The SMILES string of the molecule is [2H]C([2H])([2H])c1cc2ccccc2c2ccc3ccccc3c12. The fourth-order valence-corrected chi connectivity index (χ4v) is 2.88. The lowest BCUT2D eigenvalue weighted by atomic mass is 9.94. The quantitative estimate of drug-likeness (QED) is 0.361. The van der Waals surface area contributed by atoms with Gasteiger partial charge in [-0.3, -0.25) is 0 Å². The lowest BCUT2D eigenvalue weighted by Gasteiger charge is -2.10. The number of fused-ring (bicyclic) bond motifs is 5. The zero-order valence-electron chi connectivity index (χ0n) is 13.4. The Bertz CT molecular complexity index is 1010. The minimum absolute atomic E-state index is 0.429. The molecule has 0 radical (unpaired) electrons. The van der Waals surface area contributed by atoms with E-state index in [0.29, 0.717) is 5.56 Å². The molecule has 0 spiro atoms. The topological polar surface area (TPSA) is 0 Å². The van der Waals surface area contributed by atoms with Gasteiger partial charge >= 0.3 is 0 Å². The molecule has 4 rings (SSSR count). The Morgan fingerprint density at radius 2 is 1.42 bits per heavy atom. The van der Waals surface area contributed by atoms with Crippen LogP contribution in [0, 0.1) is 6.85 Å². The lowest BCUT2D eigenvalue weighted by molar-refractivity contribution is 1.57. The molecule has 19 heavy (non-hydrogen) atoms. The van der Waals surface area contributed by atoms with E-state index in [9.17, 15) is 0 Å². The summed E-state index contributed by atoms with van der Waals surface area (Å²) in [5, 5.41) is 5.97. The first-order valence-electron chi connectivity index (χ1n) is 7.89. The second kappa shape index (κ2) is 3.83. The van der Waals surface area contributed by atoms with E-state index in [1.165, 1.54) is 0 Å². The van der Waals surface area contributed by atoms with Crippen molar-refractivity contribution >= 4 is 32.3 Å². The third-order valence-electron chi connectivity index (χ3n) is 3.75. The first kappa shape index (κ1) is 7.96. The highest BCUT2D eigenvalue weighted by Crippen LogP contribution is 2.33. The molecular formula is C19H14. The second-order valence-corrected chi connectivity index (χ2v) is 4.85. The van der Waals surface area contributed by atoms with Crippen LogP contribution in [0.3, 0.4) is 0 Å². The monoisotopic (exact) mass is 245 g/mol. The van der Waals surface area contributed by atoms with Crippen LogP contribution in [-0.2, 0) is 0 Å². The molecule has 0 aliphatic heterocycles. The molecule has 4 aromatic rings. The van der Waals surface area contributed by atoms with Crippen LogP contribution < -0.4 is 0 Å². The van der Waals surface area contributed by atoms with Crippen LogP contribution in [0.5, 0.6) is 0 Å². The van der Waals surface area contributed by atoms with Gasteiger partial charge in [0.1, 0.15) is 0 Å². The standard InChI is InChI=1S/C19H14/c1-13-12-15-7-3-4-8-16(15)18-11-10-14-6-2-5-9-17(14)19(13)18/h2-12H,1H3/i1D3. The molecule has 0 atom stereocenters. The summed E-state index contributed by atoms with van der Waals surface area (Å²) in [6, 6.07) is 21.8. The van der Waals surface area contributed by atoms with Crippen LogP contribution in [0.1, 0.15) is 9.68 Å². The van der Waals surface area contributed by atoms with Crippen molar-refractivity contribution in [2.75, 3.05) is 0 Å². The van der Waals surface area contributed by atoms with Gasteiger partial charge in [-0.1, -0.05) is 66.7 Å². The van der Waals surface area contributed by atoms with Gasteiger partial charge in [0.25, 0.3) is 0 Å². The number of hydrogen-bond acceptors (Lipinski definition) is 0. The van der Waals surface area contributed by atoms with Crippen molar-refractivity contribution in [1.29, 1.82) is 0 Å². The fraction of sp³-hybridized carbons (Fsp3) is 0.0526. The minimum atomic E-state index is -2.13. The highest BCUT2D eigenvalue weighted by atomic mass is 14.1. The first-order chi connectivity index (χ1) is 10.6. The Morgan fingerprint density at radius 3 is 2.26 bits per heavy atom. The van der Waals surface area contributed by atoms with Gasteiger partial charge in [0.15, 0.2) is 0 Å². The van der Waals surface area contributed by atoms with Crippen LogP contribution in [0.4, 0.5) is 0 Å². The molecule has 0 N–H and O–H groups in total. The molecule has 0 aliphatic carbocycles. The molecule has 0 aliphatic rings. The largest absolute Gasteiger partial charge is 0.0616 e. The van der Waals surface area contributed by atoms with Gasteiger partial charge in [-0.25, -0.2) is 0 Å². The van der Waals surface area contributed by atoms with Gasteiger partial charge in [0.05, 0.1) is 0 Å². The van der Waals surface area contributed by atoms with Crippen molar-refractivity contribution in [3.05, 3.63) is 72.3 Å². The van der Waals surface area contributed by atoms with Crippen LogP contribution in [0.25, 0.3) is 32.3 Å². The maximum Gasteiger partial charge on any atom is 0.0280 e. The van der Waals surface area contributed by atoms with Gasteiger partial charge in [0, 0.05) is 4.11 Å². The second-order valence-electron chi connectivity index (χ2n) is 4.85. The molecule has 0 aromatic heterocycles. The average Bonchev–Trinajstić information content (AvgIpc) is 2.52. The first-order valence-corrected chi connectivity index (χ1v) is 6.39.